The van der Waals surface area contributed by atoms with Crippen molar-refractivity contribution in [2.75, 3.05) is 11.8 Å². The number of anilines is 1. The van der Waals surface area contributed by atoms with Crippen LogP contribution >= 0.6 is 22.9 Å². The molecule has 0 saturated heterocycles. The predicted octanol–water partition coefficient (Wildman–Crippen LogP) is 3.13. The van der Waals surface area contributed by atoms with E-state index >= 15 is 0 Å². The maximum atomic E-state index is 13.1. The van der Waals surface area contributed by atoms with Gasteiger partial charge in [-0.2, -0.15) is 0 Å². The van der Waals surface area contributed by atoms with Crippen LogP contribution in [-0.4, -0.2) is 21.5 Å². The molecule has 0 amide bonds. The van der Waals surface area contributed by atoms with Crippen molar-refractivity contribution < 1.29 is 22.3 Å². The lowest BCUT2D eigenvalue weighted by atomic mass is 10.3. The Hall–Kier alpha value is -1.64. The molecule has 112 valence electrons. The van der Waals surface area contributed by atoms with Crippen molar-refractivity contribution >= 4 is 44.6 Å². The molecule has 0 aliphatic rings. The summed E-state index contributed by atoms with van der Waals surface area (Å²) in [5.74, 6) is -1.30. The first-order valence-electron chi connectivity index (χ1n) is 5.49. The summed E-state index contributed by atoms with van der Waals surface area (Å²) >= 11 is 6.48. The van der Waals surface area contributed by atoms with E-state index in [2.05, 4.69) is 9.46 Å². The molecule has 1 aromatic heterocycles. The Morgan fingerprint density at radius 3 is 2.71 bits per heavy atom. The van der Waals surface area contributed by atoms with Crippen LogP contribution in [0, 0.1) is 5.82 Å². The van der Waals surface area contributed by atoms with Gasteiger partial charge in [-0.1, -0.05) is 17.7 Å². The summed E-state index contributed by atoms with van der Waals surface area (Å²) in [6.45, 7) is 0. The zero-order valence-corrected chi connectivity index (χ0v) is 13.0. The highest BCUT2D eigenvalue weighted by molar-refractivity contribution is 7.94. The van der Waals surface area contributed by atoms with Crippen molar-refractivity contribution in [3.05, 3.63) is 46.0 Å². The lowest BCUT2D eigenvalue weighted by molar-refractivity contribution is 0.0606. The molecule has 5 nitrogen and oxygen atoms in total. The fraction of sp³-hybridized carbons (Fsp3) is 0.0833. The Morgan fingerprint density at radius 2 is 2.10 bits per heavy atom. The van der Waals surface area contributed by atoms with Gasteiger partial charge in [0.1, 0.15) is 14.9 Å². The molecule has 0 atom stereocenters. The van der Waals surface area contributed by atoms with Gasteiger partial charge < -0.3 is 4.74 Å². The molecule has 0 spiro atoms. The Labute approximate surface area is 129 Å². The van der Waals surface area contributed by atoms with Crippen LogP contribution in [0.4, 0.5) is 10.1 Å². The fourth-order valence-electron chi connectivity index (χ4n) is 1.47. The summed E-state index contributed by atoms with van der Waals surface area (Å²) < 4.78 is 43.9. The average molecular weight is 350 g/mol. The van der Waals surface area contributed by atoms with Crippen molar-refractivity contribution in [2.45, 2.75) is 4.21 Å². The van der Waals surface area contributed by atoms with Crippen molar-refractivity contribution in [2.24, 2.45) is 0 Å². The third-order valence-corrected chi connectivity index (χ3v) is 5.76. The molecular weight excluding hydrogens is 341 g/mol. The van der Waals surface area contributed by atoms with Gasteiger partial charge in [0, 0.05) is 0 Å². The largest absolute Gasteiger partial charge is 0.465 e. The maximum absolute atomic E-state index is 13.1. The Morgan fingerprint density at radius 1 is 1.38 bits per heavy atom. The SMILES string of the molecule is COC(=O)c1sc(S(=O)(=O)Nc2cccc(F)c2)cc1Cl. The summed E-state index contributed by atoms with van der Waals surface area (Å²) in [5, 5.41) is -0.0218. The van der Waals surface area contributed by atoms with Gasteiger partial charge in [-0.05, 0) is 24.3 Å². The second kappa shape index (κ2) is 6.00. The molecular formula is C12H9ClFNO4S2. The lowest BCUT2D eigenvalue weighted by Crippen LogP contribution is -2.11. The van der Waals surface area contributed by atoms with Crippen LogP contribution in [0.25, 0.3) is 0 Å². The number of benzene rings is 1. The Bertz CT molecular complexity index is 788. The number of esters is 1. The van der Waals surface area contributed by atoms with E-state index in [9.17, 15) is 17.6 Å². The van der Waals surface area contributed by atoms with Crippen molar-refractivity contribution in [1.82, 2.24) is 0 Å². The molecule has 0 aliphatic heterocycles. The zero-order chi connectivity index (χ0) is 15.6. The Balaban J connectivity index is 2.34. The molecule has 0 radical (unpaired) electrons. The molecule has 9 heteroatoms. The number of thiophene rings is 1. The third-order valence-electron chi connectivity index (χ3n) is 2.38. The molecule has 1 aromatic carbocycles. The maximum Gasteiger partial charge on any atom is 0.349 e. The van der Waals surface area contributed by atoms with Gasteiger partial charge in [-0.3, -0.25) is 4.72 Å². The number of carbonyl (C=O) groups excluding carboxylic acids is 1. The van der Waals surface area contributed by atoms with Gasteiger partial charge >= 0.3 is 5.97 Å². The minimum absolute atomic E-state index is 0.0150. The van der Waals surface area contributed by atoms with Gasteiger partial charge in [-0.25, -0.2) is 17.6 Å². The number of carbonyl (C=O) groups is 1. The van der Waals surface area contributed by atoms with E-state index in [1.165, 1.54) is 18.2 Å². The number of nitrogens with one attached hydrogen (secondary N) is 1. The number of rotatable bonds is 4. The van der Waals surface area contributed by atoms with Crippen LogP contribution in [0.15, 0.2) is 34.5 Å². The van der Waals surface area contributed by atoms with Gasteiger partial charge in [0.05, 0.1) is 17.8 Å². The second-order valence-electron chi connectivity index (χ2n) is 3.85. The van der Waals surface area contributed by atoms with Crippen LogP contribution in [0.5, 0.6) is 0 Å². The number of halogens is 2. The first-order chi connectivity index (χ1) is 9.83. The topological polar surface area (TPSA) is 72.5 Å². The monoisotopic (exact) mass is 349 g/mol. The molecule has 0 bridgehead atoms. The number of sulfonamides is 1. The van der Waals surface area contributed by atoms with E-state index in [-0.39, 0.29) is 19.8 Å². The standard InChI is InChI=1S/C12H9ClFNO4S2/c1-19-12(16)11-9(13)6-10(20-11)21(17,18)15-8-4-2-3-7(14)5-8/h2-6,15H,1H3. The predicted molar refractivity (Wildman–Crippen MR) is 77.9 cm³/mol. The summed E-state index contributed by atoms with van der Waals surface area (Å²) in [4.78, 5) is 11.4. The van der Waals surface area contributed by atoms with E-state index in [1.807, 2.05) is 0 Å². The van der Waals surface area contributed by atoms with Crippen molar-refractivity contribution in [3.8, 4) is 0 Å². The van der Waals surface area contributed by atoms with Gasteiger partial charge in [0.15, 0.2) is 0 Å². The molecule has 0 aliphatic carbocycles. The summed E-state index contributed by atoms with van der Waals surface area (Å²) in [5.41, 5.74) is 0.0686. The van der Waals surface area contributed by atoms with E-state index in [0.717, 1.165) is 19.2 Å². The van der Waals surface area contributed by atoms with E-state index in [1.54, 1.807) is 0 Å². The highest BCUT2D eigenvalue weighted by Crippen LogP contribution is 2.31. The third kappa shape index (κ3) is 3.52. The van der Waals surface area contributed by atoms with Crippen molar-refractivity contribution in [1.29, 1.82) is 0 Å². The quantitative estimate of drug-likeness (QED) is 0.861. The van der Waals surface area contributed by atoms with Crippen LogP contribution in [-0.2, 0) is 14.8 Å². The van der Waals surface area contributed by atoms with Gasteiger partial charge in [-0.15, -0.1) is 11.3 Å². The molecule has 2 rings (SSSR count). The summed E-state index contributed by atoms with van der Waals surface area (Å²) in [7, 11) is -2.80. The fourth-order valence-corrected chi connectivity index (χ4v) is 4.23. The van der Waals surface area contributed by atoms with Gasteiger partial charge in [0.25, 0.3) is 10.0 Å². The number of methoxy groups -OCH3 is 1. The van der Waals surface area contributed by atoms with Crippen LogP contribution < -0.4 is 4.72 Å². The molecule has 2 aromatic rings. The smallest absolute Gasteiger partial charge is 0.349 e. The lowest BCUT2D eigenvalue weighted by Gasteiger charge is -2.05. The van der Waals surface area contributed by atoms with Gasteiger partial charge in [0.2, 0.25) is 0 Å². The highest BCUT2D eigenvalue weighted by atomic mass is 35.5. The normalized spacial score (nSPS) is 11.2. The molecule has 0 fully saturated rings. The van der Waals surface area contributed by atoms with E-state index < -0.39 is 21.8 Å². The number of hydrogen-bond acceptors (Lipinski definition) is 5. The number of hydrogen-bond donors (Lipinski definition) is 1. The second-order valence-corrected chi connectivity index (χ2v) is 7.22. The molecule has 0 unspecified atom stereocenters. The Kier molecular flexibility index (Phi) is 4.50. The van der Waals surface area contributed by atoms with E-state index in [4.69, 9.17) is 11.6 Å². The van der Waals surface area contributed by atoms with Crippen LogP contribution in [0.1, 0.15) is 9.67 Å². The molecule has 1 heterocycles. The van der Waals surface area contributed by atoms with Crippen LogP contribution in [0.2, 0.25) is 5.02 Å². The molecule has 1 N–H and O–H groups in total. The zero-order valence-electron chi connectivity index (χ0n) is 10.6. The minimum atomic E-state index is -3.96. The van der Waals surface area contributed by atoms with E-state index in [0.29, 0.717) is 11.3 Å². The molecule has 0 saturated carbocycles. The first-order valence-corrected chi connectivity index (χ1v) is 8.17. The first kappa shape index (κ1) is 15.7. The minimum Gasteiger partial charge on any atom is -0.465 e. The highest BCUT2D eigenvalue weighted by Gasteiger charge is 2.23. The number of ether oxygens (including phenoxy) is 1. The van der Waals surface area contributed by atoms with Crippen LogP contribution in [0.3, 0.4) is 0 Å². The summed E-state index contributed by atoms with van der Waals surface area (Å²) in [6, 6.07) is 6.13. The summed E-state index contributed by atoms with van der Waals surface area (Å²) in [6.07, 6.45) is 0. The van der Waals surface area contributed by atoms with Crippen molar-refractivity contribution in [3.63, 3.8) is 0 Å². The molecule has 21 heavy (non-hydrogen) atoms. The average Bonchev–Trinajstić information content (AvgIpc) is 2.80.